The standard InChI is InChI=1S/C11H19N3S2/c1-9-5-10(14(2)13-9)6-12-7-11-8-15-3-4-16-11/h5,11-12H,3-4,6-8H2,1-2H3. The molecule has 1 aliphatic heterocycles. The zero-order chi connectivity index (χ0) is 11.4. The third kappa shape index (κ3) is 3.43. The normalized spacial score (nSPS) is 21.2. The smallest absolute Gasteiger partial charge is 0.0597 e. The molecule has 0 aromatic carbocycles. The van der Waals surface area contributed by atoms with E-state index in [4.69, 9.17) is 0 Å². The summed E-state index contributed by atoms with van der Waals surface area (Å²) in [6.07, 6.45) is 0. The minimum absolute atomic E-state index is 0.785. The lowest BCUT2D eigenvalue weighted by molar-refractivity contribution is 0.624. The van der Waals surface area contributed by atoms with Gasteiger partial charge in [-0.3, -0.25) is 4.68 Å². The van der Waals surface area contributed by atoms with E-state index in [-0.39, 0.29) is 0 Å². The lowest BCUT2D eigenvalue weighted by Crippen LogP contribution is -2.29. The van der Waals surface area contributed by atoms with E-state index in [1.807, 2.05) is 18.7 Å². The maximum Gasteiger partial charge on any atom is 0.0597 e. The SMILES string of the molecule is Cc1cc(CNCC2CSCCS2)n(C)n1. The fourth-order valence-electron chi connectivity index (χ4n) is 1.85. The zero-order valence-corrected chi connectivity index (χ0v) is 11.5. The van der Waals surface area contributed by atoms with Crippen molar-refractivity contribution in [2.45, 2.75) is 18.7 Å². The molecule has 1 unspecified atom stereocenters. The van der Waals surface area contributed by atoms with Crippen LogP contribution in [0, 0.1) is 6.92 Å². The zero-order valence-electron chi connectivity index (χ0n) is 9.90. The Bertz CT molecular complexity index is 332. The fraction of sp³-hybridized carbons (Fsp3) is 0.727. The highest BCUT2D eigenvalue weighted by atomic mass is 32.2. The Morgan fingerprint density at radius 2 is 2.44 bits per heavy atom. The summed E-state index contributed by atoms with van der Waals surface area (Å²) < 4.78 is 1.96. The molecule has 0 spiro atoms. The Kier molecular flexibility index (Phi) is 4.61. The van der Waals surface area contributed by atoms with Crippen LogP contribution in [0.2, 0.25) is 0 Å². The minimum atomic E-state index is 0.785. The van der Waals surface area contributed by atoms with Gasteiger partial charge in [0.05, 0.1) is 11.4 Å². The molecule has 1 aliphatic rings. The summed E-state index contributed by atoms with van der Waals surface area (Å²) in [5.41, 5.74) is 2.37. The summed E-state index contributed by atoms with van der Waals surface area (Å²) in [6.45, 7) is 4.08. The van der Waals surface area contributed by atoms with Gasteiger partial charge < -0.3 is 5.32 Å². The maximum atomic E-state index is 4.34. The molecule has 1 fully saturated rings. The molecule has 1 N–H and O–H groups in total. The van der Waals surface area contributed by atoms with Crippen LogP contribution in [0.25, 0.3) is 0 Å². The first-order valence-electron chi connectivity index (χ1n) is 5.65. The van der Waals surface area contributed by atoms with E-state index in [0.29, 0.717) is 0 Å². The second-order valence-corrected chi connectivity index (χ2v) is 6.66. The highest BCUT2D eigenvalue weighted by molar-refractivity contribution is 8.06. The fourth-order valence-corrected chi connectivity index (χ4v) is 4.49. The van der Waals surface area contributed by atoms with Crippen molar-refractivity contribution in [3.05, 3.63) is 17.5 Å². The van der Waals surface area contributed by atoms with E-state index >= 15 is 0 Å². The van der Waals surface area contributed by atoms with Crippen molar-refractivity contribution in [3.63, 3.8) is 0 Å². The highest BCUT2D eigenvalue weighted by Crippen LogP contribution is 2.23. The molecule has 0 radical (unpaired) electrons. The van der Waals surface area contributed by atoms with Crippen molar-refractivity contribution >= 4 is 23.5 Å². The second-order valence-electron chi connectivity index (χ2n) is 4.10. The molecule has 1 saturated heterocycles. The lowest BCUT2D eigenvalue weighted by Gasteiger charge is -2.21. The summed E-state index contributed by atoms with van der Waals surface area (Å²) in [5, 5.41) is 8.66. The van der Waals surface area contributed by atoms with Crippen LogP contribution in [0.15, 0.2) is 6.07 Å². The van der Waals surface area contributed by atoms with Gasteiger partial charge in [0.15, 0.2) is 0 Å². The van der Waals surface area contributed by atoms with Gasteiger partial charge in [-0.25, -0.2) is 0 Å². The van der Waals surface area contributed by atoms with Gasteiger partial charge in [0.2, 0.25) is 0 Å². The summed E-state index contributed by atoms with van der Waals surface area (Å²) in [4.78, 5) is 0. The summed E-state index contributed by atoms with van der Waals surface area (Å²) in [5.74, 6) is 3.92. The number of aryl methyl sites for hydroxylation is 2. The first kappa shape index (κ1) is 12.3. The number of thioether (sulfide) groups is 2. The molecule has 3 nitrogen and oxygen atoms in total. The molecular formula is C11H19N3S2. The Balaban J connectivity index is 1.73. The van der Waals surface area contributed by atoms with Crippen molar-refractivity contribution in [2.24, 2.45) is 7.05 Å². The first-order valence-corrected chi connectivity index (χ1v) is 7.85. The molecule has 1 aromatic heterocycles. The summed E-state index contributed by atoms with van der Waals surface area (Å²) in [6, 6.07) is 2.15. The van der Waals surface area contributed by atoms with Gasteiger partial charge in [0, 0.05) is 42.6 Å². The number of rotatable bonds is 4. The average Bonchev–Trinajstić information content (AvgIpc) is 2.59. The van der Waals surface area contributed by atoms with Crippen molar-refractivity contribution in [1.29, 1.82) is 0 Å². The Morgan fingerprint density at radius 3 is 3.06 bits per heavy atom. The van der Waals surface area contributed by atoms with E-state index in [2.05, 4.69) is 40.0 Å². The Labute approximate surface area is 106 Å². The number of aromatic nitrogens is 2. The monoisotopic (exact) mass is 257 g/mol. The van der Waals surface area contributed by atoms with E-state index < -0.39 is 0 Å². The lowest BCUT2D eigenvalue weighted by atomic mass is 10.3. The molecule has 1 aromatic rings. The molecular weight excluding hydrogens is 238 g/mol. The van der Waals surface area contributed by atoms with Crippen LogP contribution < -0.4 is 5.32 Å². The van der Waals surface area contributed by atoms with Crippen LogP contribution in [0.5, 0.6) is 0 Å². The van der Waals surface area contributed by atoms with Gasteiger partial charge >= 0.3 is 0 Å². The predicted octanol–water partition coefficient (Wildman–Crippen LogP) is 1.67. The second kappa shape index (κ2) is 5.98. The molecule has 0 amide bonds. The summed E-state index contributed by atoms with van der Waals surface area (Å²) in [7, 11) is 2.01. The molecule has 0 aliphatic carbocycles. The van der Waals surface area contributed by atoms with Gasteiger partial charge in [-0.2, -0.15) is 28.6 Å². The summed E-state index contributed by atoms with van der Waals surface area (Å²) >= 11 is 4.18. The van der Waals surface area contributed by atoms with Gasteiger partial charge in [-0.15, -0.1) is 0 Å². The van der Waals surface area contributed by atoms with Crippen molar-refractivity contribution in [2.75, 3.05) is 23.8 Å². The van der Waals surface area contributed by atoms with Gasteiger partial charge in [-0.1, -0.05) is 0 Å². The topological polar surface area (TPSA) is 29.9 Å². The van der Waals surface area contributed by atoms with Crippen LogP contribution in [0.3, 0.4) is 0 Å². The van der Waals surface area contributed by atoms with Gasteiger partial charge in [0.25, 0.3) is 0 Å². The van der Waals surface area contributed by atoms with Crippen LogP contribution >= 0.6 is 23.5 Å². The van der Waals surface area contributed by atoms with Crippen molar-refractivity contribution in [3.8, 4) is 0 Å². The van der Waals surface area contributed by atoms with Crippen LogP contribution in [-0.4, -0.2) is 38.8 Å². The molecule has 16 heavy (non-hydrogen) atoms. The number of hydrogen-bond donors (Lipinski definition) is 1. The number of nitrogens with one attached hydrogen (secondary N) is 1. The van der Waals surface area contributed by atoms with E-state index in [0.717, 1.165) is 24.0 Å². The van der Waals surface area contributed by atoms with E-state index in [1.54, 1.807) is 0 Å². The predicted molar refractivity (Wildman–Crippen MR) is 73.2 cm³/mol. The number of hydrogen-bond acceptors (Lipinski definition) is 4. The average molecular weight is 257 g/mol. The van der Waals surface area contributed by atoms with Crippen LogP contribution in [0.1, 0.15) is 11.4 Å². The number of nitrogens with zero attached hydrogens (tertiary/aromatic N) is 2. The van der Waals surface area contributed by atoms with E-state index in [1.165, 1.54) is 23.0 Å². The quantitative estimate of drug-likeness (QED) is 0.888. The molecule has 0 bridgehead atoms. The van der Waals surface area contributed by atoms with Crippen LogP contribution in [-0.2, 0) is 13.6 Å². The Hall–Kier alpha value is -0.130. The molecule has 2 heterocycles. The van der Waals surface area contributed by atoms with Gasteiger partial charge in [-0.05, 0) is 13.0 Å². The van der Waals surface area contributed by atoms with Crippen LogP contribution in [0.4, 0.5) is 0 Å². The molecule has 2 rings (SSSR count). The minimum Gasteiger partial charge on any atom is -0.310 e. The van der Waals surface area contributed by atoms with Gasteiger partial charge in [0.1, 0.15) is 0 Å². The highest BCUT2D eigenvalue weighted by Gasteiger charge is 2.13. The third-order valence-electron chi connectivity index (χ3n) is 2.66. The van der Waals surface area contributed by atoms with Crippen molar-refractivity contribution < 1.29 is 0 Å². The molecule has 5 heteroatoms. The molecule has 1 atom stereocenters. The third-order valence-corrected chi connectivity index (χ3v) is 5.51. The Morgan fingerprint density at radius 1 is 1.56 bits per heavy atom. The maximum absolute atomic E-state index is 4.34. The largest absolute Gasteiger partial charge is 0.310 e. The molecule has 0 saturated carbocycles. The first-order chi connectivity index (χ1) is 7.75. The van der Waals surface area contributed by atoms with Crippen molar-refractivity contribution in [1.82, 2.24) is 15.1 Å². The molecule has 90 valence electrons. The van der Waals surface area contributed by atoms with E-state index in [9.17, 15) is 0 Å².